The van der Waals surface area contributed by atoms with Crippen LogP contribution in [-0.4, -0.2) is 31.9 Å². The van der Waals surface area contributed by atoms with Gasteiger partial charge in [0.1, 0.15) is 5.75 Å². The summed E-state index contributed by atoms with van der Waals surface area (Å²) in [7, 11) is 1.69. The highest BCUT2D eigenvalue weighted by Crippen LogP contribution is 2.10. The lowest BCUT2D eigenvalue weighted by atomic mass is 10.3. The Morgan fingerprint density at radius 1 is 1.40 bits per heavy atom. The van der Waals surface area contributed by atoms with Crippen LogP contribution in [0.2, 0.25) is 0 Å². The number of hydrogen-bond acceptors (Lipinski definition) is 4. The van der Waals surface area contributed by atoms with Gasteiger partial charge < -0.3 is 14.8 Å². The van der Waals surface area contributed by atoms with Gasteiger partial charge >= 0.3 is 0 Å². The zero-order valence-corrected chi connectivity index (χ0v) is 9.32. The van der Waals surface area contributed by atoms with E-state index in [1.165, 1.54) is 0 Å². The average molecular weight is 210 g/mol. The van der Waals surface area contributed by atoms with Crippen molar-refractivity contribution in [2.24, 2.45) is 0 Å². The first-order valence-corrected chi connectivity index (χ1v) is 5.13. The molecule has 0 saturated carbocycles. The maximum Gasteiger partial charge on any atom is 0.137 e. The molecule has 15 heavy (non-hydrogen) atoms. The van der Waals surface area contributed by atoms with E-state index >= 15 is 0 Å². The number of methoxy groups -OCH3 is 1. The molecule has 84 valence electrons. The Morgan fingerprint density at radius 3 is 3.00 bits per heavy atom. The van der Waals surface area contributed by atoms with E-state index in [2.05, 4.69) is 10.3 Å². The molecular weight excluding hydrogens is 192 g/mol. The molecule has 1 heterocycles. The Balaban J connectivity index is 2.36. The molecule has 0 radical (unpaired) electrons. The molecule has 0 aromatic carbocycles. The molecule has 0 aliphatic carbocycles. The first kappa shape index (κ1) is 11.9. The molecule has 1 aromatic rings. The van der Waals surface area contributed by atoms with E-state index in [-0.39, 0.29) is 0 Å². The zero-order valence-electron chi connectivity index (χ0n) is 9.32. The maximum absolute atomic E-state index is 5.36. The van der Waals surface area contributed by atoms with Crippen LogP contribution >= 0.6 is 0 Å². The first-order valence-electron chi connectivity index (χ1n) is 5.13. The van der Waals surface area contributed by atoms with Crippen molar-refractivity contribution in [1.29, 1.82) is 0 Å². The third-order valence-electron chi connectivity index (χ3n) is 1.89. The molecule has 0 spiro atoms. The Bertz CT molecular complexity index is 279. The average Bonchev–Trinajstić information content (AvgIpc) is 2.26. The third kappa shape index (κ3) is 4.76. The summed E-state index contributed by atoms with van der Waals surface area (Å²) in [6.45, 7) is 4.98. The Hall–Kier alpha value is -1.13. The van der Waals surface area contributed by atoms with Crippen LogP contribution < -0.4 is 10.1 Å². The zero-order chi connectivity index (χ0) is 10.9. The molecular formula is C11H18N2O2. The highest BCUT2D eigenvalue weighted by molar-refractivity contribution is 5.23. The molecule has 0 amide bonds. The molecule has 0 unspecified atom stereocenters. The van der Waals surface area contributed by atoms with Gasteiger partial charge in [-0.15, -0.1) is 0 Å². The molecule has 1 N–H and O–H groups in total. The van der Waals surface area contributed by atoms with Crippen LogP contribution in [0.15, 0.2) is 18.5 Å². The van der Waals surface area contributed by atoms with Crippen LogP contribution in [0.25, 0.3) is 0 Å². The fraction of sp³-hybridized carbons (Fsp3) is 0.545. The van der Waals surface area contributed by atoms with Crippen molar-refractivity contribution in [3.63, 3.8) is 0 Å². The minimum Gasteiger partial charge on any atom is -0.492 e. The van der Waals surface area contributed by atoms with Gasteiger partial charge in [0.05, 0.1) is 19.4 Å². The summed E-state index contributed by atoms with van der Waals surface area (Å²) in [6, 6.07) is 2.00. The lowest BCUT2D eigenvalue weighted by Gasteiger charge is -2.06. The number of nitrogens with one attached hydrogen (secondary N) is 1. The van der Waals surface area contributed by atoms with Gasteiger partial charge in [-0.1, -0.05) is 0 Å². The molecule has 1 rings (SSSR count). The Labute approximate surface area is 90.6 Å². The van der Waals surface area contributed by atoms with Crippen LogP contribution in [0.4, 0.5) is 0 Å². The van der Waals surface area contributed by atoms with Crippen molar-refractivity contribution < 1.29 is 9.47 Å². The Morgan fingerprint density at radius 2 is 2.27 bits per heavy atom. The summed E-state index contributed by atoms with van der Waals surface area (Å²) in [5, 5.41) is 3.25. The van der Waals surface area contributed by atoms with E-state index in [0.29, 0.717) is 6.61 Å². The number of aromatic nitrogens is 1. The normalized spacial score (nSPS) is 10.3. The SMILES string of the molecule is CCOc1cncc(CNCCOC)c1. The predicted octanol–water partition coefficient (Wildman–Crippen LogP) is 1.22. The molecule has 4 nitrogen and oxygen atoms in total. The molecule has 0 aliphatic heterocycles. The number of pyridine rings is 1. The van der Waals surface area contributed by atoms with Crippen LogP contribution in [0, 0.1) is 0 Å². The van der Waals surface area contributed by atoms with Gasteiger partial charge in [-0.05, 0) is 18.6 Å². The largest absolute Gasteiger partial charge is 0.492 e. The molecule has 0 bridgehead atoms. The molecule has 0 fully saturated rings. The van der Waals surface area contributed by atoms with E-state index in [1.54, 1.807) is 13.3 Å². The summed E-state index contributed by atoms with van der Waals surface area (Å²) in [6.07, 6.45) is 3.56. The predicted molar refractivity (Wildman–Crippen MR) is 59.0 cm³/mol. The summed E-state index contributed by atoms with van der Waals surface area (Å²) in [5.41, 5.74) is 1.12. The number of hydrogen-bond donors (Lipinski definition) is 1. The minimum absolute atomic E-state index is 0.669. The van der Waals surface area contributed by atoms with Crippen molar-refractivity contribution in [2.45, 2.75) is 13.5 Å². The second-order valence-corrected chi connectivity index (χ2v) is 3.13. The van der Waals surface area contributed by atoms with Gasteiger partial charge in [0.2, 0.25) is 0 Å². The maximum atomic E-state index is 5.36. The summed E-state index contributed by atoms with van der Waals surface area (Å²) in [4.78, 5) is 4.11. The second-order valence-electron chi connectivity index (χ2n) is 3.13. The first-order chi connectivity index (χ1) is 7.36. The lowest BCUT2D eigenvalue weighted by Crippen LogP contribution is -2.18. The van der Waals surface area contributed by atoms with E-state index in [0.717, 1.165) is 31.0 Å². The molecule has 0 atom stereocenters. The molecule has 0 aliphatic rings. The minimum atomic E-state index is 0.669. The van der Waals surface area contributed by atoms with Crippen LogP contribution in [0.3, 0.4) is 0 Å². The van der Waals surface area contributed by atoms with E-state index in [9.17, 15) is 0 Å². The van der Waals surface area contributed by atoms with Gasteiger partial charge in [-0.3, -0.25) is 4.98 Å². The second kappa shape index (κ2) is 7.20. The van der Waals surface area contributed by atoms with Crippen LogP contribution in [0.5, 0.6) is 5.75 Å². The number of rotatable bonds is 7. The van der Waals surface area contributed by atoms with Crippen molar-refractivity contribution in [1.82, 2.24) is 10.3 Å². The number of ether oxygens (including phenoxy) is 2. The fourth-order valence-electron chi connectivity index (χ4n) is 1.21. The highest BCUT2D eigenvalue weighted by atomic mass is 16.5. The van der Waals surface area contributed by atoms with Crippen molar-refractivity contribution in [3.8, 4) is 5.75 Å². The summed E-state index contributed by atoms with van der Waals surface area (Å²) in [5.74, 6) is 0.823. The third-order valence-corrected chi connectivity index (χ3v) is 1.89. The smallest absolute Gasteiger partial charge is 0.137 e. The number of nitrogens with zero attached hydrogens (tertiary/aromatic N) is 1. The van der Waals surface area contributed by atoms with Crippen molar-refractivity contribution >= 4 is 0 Å². The van der Waals surface area contributed by atoms with Gasteiger partial charge in [0.25, 0.3) is 0 Å². The molecule has 1 aromatic heterocycles. The molecule has 4 heteroatoms. The van der Waals surface area contributed by atoms with Gasteiger partial charge in [0, 0.05) is 26.4 Å². The Kier molecular flexibility index (Phi) is 5.73. The van der Waals surface area contributed by atoms with Crippen LogP contribution in [0.1, 0.15) is 12.5 Å². The van der Waals surface area contributed by atoms with E-state index in [4.69, 9.17) is 9.47 Å². The summed E-state index contributed by atoms with van der Waals surface area (Å²) < 4.78 is 10.3. The van der Waals surface area contributed by atoms with Crippen molar-refractivity contribution in [3.05, 3.63) is 24.0 Å². The van der Waals surface area contributed by atoms with Gasteiger partial charge in [-0.2, -0.15) is 0 Å². The standard InChI is InChI=1S/C11H18N2O2/c1-3-15-11-6-10(8-13-9-11)7-12-4-5-14-2/h6,8-9,12H,3-5,7H2,1-2H3. The van der Waals surface area contributed by atoms with Gasteiger partial charge in [-0.25, -0.2) is 0 Å². The van der Waals surface area contributed by atoms with E-state index < -0.39 is 0 Å². The van der Waals surface area contributed by atoms with E-state index in [1.807, 2.05) is 19.2 Å². The lowest BCUT2D eigenvalue weighted by molar-refractivity contribution is 0.199. The summed E-state index contributed by atoms with van der Waals surface area (Å²) >= 11 is 0. The molecule has 0 saturated heterocycles. The topological polar surface area (TPSA) is 43.4 Å². The monoisotopic (exact) mass is 210 g/mol. The highest BCUT2D eigenvalue weighted by Gasteiger charge is 1.96. The fourth-order valence-corrected chi connectivity index (χ4v) is 1.21. The van der Waals surface area contributed by atoms with Crippen LogP contribution in [-0.2, 0) is 11.3 Å². The van der Waals surface area contributed by atoms with Crippen molar-refractivity contribution in [2.75, 3.05) is 26.9 Å². The quantitative estimate of drug-likeness (QED) is 0.687. The van der Waals surface area contributed by atoms with Gasteiger partial charge in [0.15, 0.2) is 0 Å².